The Bertz CT molecular complexity index is 786. The van der Waals surface area contributed by atoms with Crippen LogP contribution in [0.25, 0.3) is 0 Å². The van der Waals surface area contributed by atoms with Crippen molar-refractivity contribution in [3.63, 3.8) is 0 Å². The molecule has 0 atom stereocenters. The largest absolute Gasteiger partial charge is 0.446 e. The highest BCUT2D eigenvalue weighted by Crippen LogP contribution is 2.46. The van der Waals surface area contributed by atoms with Crippen LogP contribution in [-0.4, -0.2) is 42.1 Å². The zero-order chi connectivity index (χ0) is 20.8. The quantitative estimate of drug-likeness (QED) is 0.714. The van der Waals surface area contributed by atoms with Gasteiger partial charge in [0, 0.05) is 24.8 Å². The van der Waals surface area contributed by atoms with Crippen LogP contribution >= 0.6 is 0 Å². The van der Waals surface area contributed by atoms with Crippen LogP contribution in [0.15, 0.2) is 24.3 Å². The summed E-state index contributed by atoms with van der Waals surface area (Å²) in [6.07, 6.45) is 6.88. The number of hydrogen-bond acceptors (Lipinski definition) is 3. The molecule has 3 fully saturated rings. The van der Waals surface area contributed by atoms with Crippen molar-refractivity contribution in [1.29, 1.82) is 0 Å². The first-order valence-electron chi connectivity index (χ1n) is 11.8. The van der Waals surface area contributed by atoms with Gasteiger partial charge < -0.3 is 14.5 Å². The zero-order valence-corrected chi connectivity index (χ0v) is 18.3. The lowest BCUT2D eigenvalue weighted by molar-refractivity contribution is -0.118. The molecule has 0 aromatic heterocycles. The van der Waals surface area contributed by atoms with E-state index in [1.807, 2.05) is 34.1 Å². The van der Waals surface area contributed by atoms with E-state index < -0.39 is 0 Å². The molecule has 1 saturated heterocycles. The molecule has 2 amide bonds. The van der Waals surface area contributed by atoms with Gasteiger partial charge in [-0.25, -0.2) is 4.79 Å². The van der Waals surface area contributed by atoms with Gasteiger partial charge in [0.25, 0.3) is 0 Å². The summed E-state index contributed by atoms with van der Waals surface area (Å²) in [6, 6.07) is 8.27. The Morgan fingerprint density at radius 2 is 1.57 bits per heavy atom. The number of rotatable bonds is 2. The van der Waals surface area contributed by atoms with E-state index in [9.17, 15) is 9.59 Å². The number of benzene rings is 1. The fourth-order valence-corrected chi connectivity index (χ4v) is 6.74. The molecule has 0 spiro atoms. The maximum Gasteiger partial charge on any atom is 0.410 e. The molecule has 4 aliphatic rings. The highest BCUT2D eigenvalue weighted by Gasteiger charge is 2.44. The molecule has 1 aromatic rings. The molecule has 5 nitrogen and oxygen atoms in total. The molecule has 2 aliphatic heterocycles. The van der Waals surface area contributed by atoms with Gasteiger partial charge in [0.1, 0.15) is 6.10 Å². The molecule has 2 saturated carbocycles. The third-order valence-corrected chi connectivity index (χ3v) is 7.94. The molecule has 30 heavy (non-hydrogen) atoms. The van der Waals surface area contributed by atoms with Crippen molar-refractivity contribution < 1.29 is 14.3 Å². The summed E-state index contributed by atoms with van der Waals surface area (Å²) in [5.41, 5.74) is 2.18. The molecule has 0 N–H and O–H groups in total. The lowest BCUT2D eigenvalue weighted by atomic mass is 9.63. The zero-order valence-electron chi connectivity index (χ0n) is 18.3. The molecular weight excluding hydrogens is 376 g/mol. The van der Waals surface area contributed by atoms with Gasteiger partial charge in [0.05, 0.1) is 6.42 Å². The standard InChI is InChI=1S/C25H34N2O3/c1-16-11-19-13-17(2)14-20(12-16)24(19)30-25(29)26-9-7-21(8-10-26)27-22-6-4-3-5-18(22)15-23(27)28/h3-6,16-17,19-21,24H,7-15H2,1-2H3. The Labute approximate surface area is 179 Å². The lowest BCUT2D eigenvalue weighted by Crippen LogP contribution is -2.51. The molecular formula is C25H34N2O3. The van der Waals surface area contributed by atoms with Crippen molar-refractivity contribution in [3.8, 4) is 0 Å². The maximum atomic E-state index is 13.0. The molecule has 0 radical (unpaired) electrons. The number of hydrogen-bond donors (Lipinski definition) is 0. The van der Waals surface area contributed by atoms with E-state index in [1.165, 1.54) is 25.7 Å². The van der Waals surface area contributed by atoms with Gasteiger partial charge in [-0.15, -0.1) is 0 Å². The van der Waals surface area contributed by atoms with Crippen LogP contribution in [0, 0.1) is 23.7 Å². The SMILES string of the molecule is CC1CC2CC(C)CC(C1)C2OC(=O)N1CCC(N2C(=O)Cc3ccccc32)CC1. The van der Waals surface area contributed by atoms with Crippen LogP contribution in [-0.2, 0) is 16.0 Å². The van der Waals surface area contributed by atoms with Gasteiger partial charge in [-0.3, -0.25) is 4.79 Å². The highest BCUT2D eigenvalue weighted by molar-refractivity contribution is 6.01. The van der Waals surface area contributed by atoms with E-state index in [0.29, 0.717) is 31.3 Å². The van der Waals surface area contributed by atoms with E-state index in [-0.39, 0.29) is 24.1 Å². The van der Waals surface area contributed by atoms with Gasteiger partial charge >= 0.3 is 6.09 Å². The Kier molecular flexibility index (Phi) is 5.24. The van der Waals surface area contributed by atoms with E-state index >= 15 is 0 Å². The minimum absolute atomic E-state index is 0.106. The van der Waals surface area contributed by atoms with E-state index in [4.69, 9.17) is 4.74 Å². The number of fused-ring (bicyclic) bond motifs is 3. The summed E-state index contributed by atoms with van der Waals surface area (Å²) < 4.78 is 6.14. The first-order valence-corrected chi connectivity index (χ1v) is 11.8. The minimum atomic E-state index is -0.134. The van der Waals surface area contributed by atoms with Crippen LogP contribution in [0.4, 0.5) is 10.5 Å². The van der Waals surface area contributed by atoms with Crippen LogP contribution in [0.1, 0.15) is 57.9 Å². The summed E-state index contributed by atoms with van der Waals surface area (Å²) in [4.78, 5) is 29.4. The third kappa shape index (κ3) is 3.61. The summed E-state index contributed by atoms with van der Waals surface area (Å²) in [6.45, 7) is 6.03. The predicted molar refractivity (Wildman–Crippen MR) is 116 cm³/mol. The van der Waals surface area contributed by atoms with Gasteiger partial charge in [0.2, 0.25) is 5.91 Å². The summed E-state index contributed by atoms with van der Waals surface area (Å²) >= 11 is 0. The molecule has 1 aromatic carbocycles. The third-order valence-electron chi connectivity index (χ3n) is 7.94. The van der Waals surface area contributed by atoms with Crippen molar-refractivity contribution in [2.24, 2.45) is 23.7 Å². The van der Waals surface area contributed by atoms with Crippen LogP contribution in [0.3, 0.4) is 0 Å². The molecule has 162 valence electrons. The number of carbonyl (C=O) groups is 2. The monoisotopic (exact) mass is 410 g/mol. The number of ether oxygens (including phenoxy) is 1. The minimum Gasteiger partial charge on any atom is -0.446 e. The second kappa shape index (κ2) is 7.90. The van der Waals surface area contributed by atoms with Crippen molar-refractivity contribution in [2.75, 3.05) is 18.0 Å². The number of piperidine rings is 1. The van der Waals surface area contributed by atoms with Crippen molar-refractivity contribution >= 4 is 17.7 Å². The first-order chi connectivity index (χ1) is 14.5. The van der Waals surface area contributed by atoms with Crippen molar-refractivity contribution in [2.45, 2.75) is 70.9 Å². The lowest BCUT2D eigenvalue weighted by Gasteiger charge is -2.47. The summed E-state index contributed by atoms with van der Waals surface area (Å²) in [7, 11) is 0. The van der Waals surface area contributed by atoms with Gasteiger partial charge in [-0.05, 0) is 73.8 Å². The first kappa shape index (κ1) is 19.9. The Morgan fingerprint density at radius 1 is 0.967 bits per heavy atom. The smallest absolute Gasteiger partial charge is 0.410 e. The second-order valence-corrected chi connectivity index (χ2v) is 10.3. The Balaban J connectivity index is 1.19. The normalized spacial score (nSPS) is 34.1. The Hall–Kier alpha value is -2.04. The highest BCUT2D eigenvalue weighted by atomic mass is 16.6. The van der Waals surface area contributed by atoms with Crippen LogP contribution in [0.2, 0.25) is 0 Å². The molecule has 2 aliphatic carbocycles. The molecule has 5 rings (SSSR count). The maximum absolute atomic E-state index is 13.0. The van der Waals surface area contributed by atoms with Crippen molar-refractivity contribution in [1.82, 2.24) is 4.90 Å². The fourth-order valence-electron chi connectivity index (χ4n) is 6.74. The van der Waals surface area contributed by atoms with E-state index in [1.54, 1.807) is 0 Å². The van der Waals surface area contributed by atoms with Crippen molar-refractivity contribution in [3.05, 3.63) is 29.8 Å². The number of likely N-dealkylation sites (tertiary alicyclic amines) is 1. The number of amides is 2. The number of nitrogens with zero attached hydrogens (tertiary/aromatic N) is 2. The average Bonchev–Trinajstić information content (AvgIpc) is 3.05. The summed E-state index contributed by atoms with van der Waals surface area (Å²) in [5, 5.41) is 0. The molecule has 2 bridgehead atoms. The molecule has 2 heterocycles. The second-order valence-electron chi connectivity index (χ2n) is 10.3. The van der Waals surface area contributed by atoms with E-state index in [0.717, 1.165) is 35.9 Å². The summed E-state index contributed by atoms with van der Waals surface area (Å²) in [5.74, 6) is 2.75. The van der Waals surface area contributed by atoms with Gasteiger partial charge in [0.15, 0.2) is 0 Å². The fraction of sp³-hybridized carbons (Fsp3) is 0.680. The Morgan fingerprint density at radius 3 is 2.20 bits per heavy atom. The topological polar surface area (TPSA) is 49.9 Å². The van der Waals surface area contributed by atoms with E-state index in [2.05, 4.69) is 13.8 Å². The number of para-hydroxylation sites is 1. The van der Waals surface area contributed by atoms with Gasteiger partial charge in [-0.1, -0.05) is 32.0 Å². The molecule has 0 unspecified atom stereocenters. The predicted octanol–water partition coefficient (Wildman–Crippen LogP) is 4.64. The van der Waals surface area contributed by atoms with Crippen LogP contribution in [0.5, 0.6) is 0 Å². The average molecular weight is 411 g/mol. The number of carbonyl (C=O) groups excluding carboxylic acids is 2. The number of anilines is 1. The van der Waals surface area contributed by atoms with Gasteiger partial charge in [-0.2, -0.15) is 0 Å². The van der Waals surface area contributed by atoms with Crippen LogP contribution < -0.4 is 4.90 Å². The molecule has 5 heteroatoms.